The largest absolute Gasteiger partial charge is 0.496 e. The van der Waals surface area contributed by atoms with E-state index in [1.165, 1.54) is 5.56 Å². The minimum absolute atomic E-state index is 0.196. The Bertz CT molecular complexity index is 622. The van der Waals surface area contributed by atoms with Gasteiger partial charge in [0.05, 0.1) is 7.11 Å². The lowest BCUT2D eigenvalue weighted by atomic mass is 10.00. The van der Waals surface area contributed by atoms with Gasteiger partial charge in [-0.2, -0.15) is 0 Å². The van der Waals surface area contributed by atoms with Crippen molar-refractivity contribution in [1.29, 1.82) is 0 Å². The average molecular weight is 275 g/mol. The molecule has 3 heteroatoms. The first kappa shape index (κ1) is 12.4. The van der Waals surface area contributed by atoms with E-state index in [1.807, 2.05) is 36.4 Å². The zero-order valence-corrected chi connectivity index (χ0v) is 11.7. The quantitative estimate of drug-likeness (QED) is 0.811. The van der Waals surface area contributed by atoms with Gasteiger partial charge in [0.25, 0.3) is 0 Å². The molecule has 2 nitrogen and oxygen atoms in total. The monoisotopic (exact) mass is 274 g/mol. The van der Waals surface area contributed by atoms with Crippen molar-refractivity contribution in [1.82, 2.24) is 0 Å². The summed E-state index contributed by atoms with van der Waals surface area (Å²) in [6.07, 6.45) is 1.10. The van der Waals surface area contributed by atoms with Crippen LogP contribution in [0.3, 0.4) is 0 Å². The maximum Gasteiger partial charge on any atom is 0.131 e. The normalized spacial score (nSPS) is 16.9. The molecule has 0 aliphatic carbocycles. The highest BCUT2D eigenvalue weighted by molar-refractivity contribution is 6.31. The molecule has 1 atom stereocenters. The Kier molecular flexibility index (Phi) is 3.11. The molecule has 0 saturated heterocycles. The number of hydrogen-bond donors (Lipinski definition) is 0. The van der Waals surface area contributed by atoms with Gasteiger partial charge in [-0.3, -0.25) is 0 Å². The van der Waals surface area contributed by atoms with Gasteiger partial charge in [-0.15, -0.1) is 0 Å². The molecule has 98 valence electrons. The van der Waals surface area contributed by atoms with Crippen LogP contribution in [0, 0.1) is 0 Å². The lowest BCUT2D eigenvalue weighted by Crippen LogP contribution is -2.05. The van der Waals surface area contributed by atoms with Crippen LogP contribution in [0.2, 0.25) is 5.02 Å². The first-order valence-corrected chi connectivity index (χ1v) is 6.69. The van der Waals surface area contributed by atoms with E-state index in [4.69, 9.17) is 21.1 Å². The molecule has 0 N–H and O–H groups in total. The SMILES string of the molecule is COc1ccccc1-c1cc(Cl)cc2c1OC(C)C2. The second-order valence-electron chi connectivity index (χ2n) is 4.77. The molecule has 0 radical (unpaired) electrons. The summed E-state index contributed by atoms with van der Waals surface area (Å²) in [5.41, 5.74) is 3.18. The van der Waals surface area contributed by atoms with Gasteiger partial charge in [-0.1, -0.05) is 29.8 Å². The molecule has 2 aromatic rings. The van der Waals surface area contributed by atoms with Gasteiger partial charge in [-0.25, -0.2) is 0 Å². The molecule has 1 heterocycles. The first-order chi connectivity index (χ1) is 9.19. The summed E-state index contributed by atoms with van der Waals surface area (Å²) in [7, 11) is 1.67. The Labute approximate surface area is 117 Å². The Balaban J connectivity index is 2.21. The van der Waals surface area contributed by atoms with Crippen LogP contribution in [0.1, 0.15) is 12.5 Å². The second kappa shape index (κ2) is 4.78. The molecule has 19 heavy (non-hydrogen) atoms. The van der Waals surface area contributed by atoms with Gasteiger partial charge in [0.1, 0.15) is 17.6 Å². The van der Waals surface area contributed by atoms with Gasteiger partial charge in [0.2, 0.25) is 0 Å². The number of methoxy groups -OCH3 is 1. The van der Waals surface area contributed by atoms with Crippen LogP contribution in [0.5, 0.6) is 11.5 Å². The van der Waals surface area contributed by atoms with E-state index >= 15 is 0 Å². The Morgan fingerprint density at radius 1 is 1.21 bits per heavy atom. The molecular weight excluding hydrogens is 260 g/mol. The topological polar surface area (TPSA) is 18.5 Å². The van der Waals surface area contributed by atoms with Crippen LogP contribution in [0.15, 0.2) is 36.4 Å². The highest BCUT2D eigenvalue weighted by Crippen LogP contribution is 2.43. The molecule has 0 aromatic heterocycles. The number of halogens is 1. The Morgan fingerprint density at radius 2 is 2.00 bits per heavy atom. The molecule has 1 aliphatic heterocycles. The smallest absolute Gasteiger partial charge is 0.131 e. The molecule has 0 fully saturated rings. The van der Waals surface area contributed by atoms with Crippen LogP contribution in [-0.2, 0) is 6.42 Å². The molecule has 0 spiro atoms. The third-order valence-corrected chi connectivity index (χ3v) is 3.57. The molecular formula is C16H15ClO2. The third-order valence-electron chi connectivity index (χ3n) is 3.35. The fourth-order valence-electron chi connectivity index (χ4n) is 2.56. The minimum Gasteiger partial charge on any atom is -0.496 e. The number of rotatable bonds is 2. The number of benzene rings is 2. The molecule has 1 unspecified atom stereocenters. The predicted molar refractivity (Wildman–Crippen MR) is 77.2 cm³/mol. The fraction of sp³-hybridized carbons (Fsp3) is 0.250. The summed E-state index contributed by atoms with van der Waals surface area (Å²) in [6, 6.07) is 11.8. The van der Waals surface area contributed by atoms with Crippen LogP contribution in [-0.4, -0.2) is 13.2 Å². The summed E-state index contributed by atoms with van der Waals surface area (Å²) in [6.45, 7) is 2.07. The lowest BCUT2D eigenvalue weighted by molar-refractivity contribution is 0.255. The van der Waals surface area contributed by atoms with Crippen LogP contribution in [0.25, 0.3) is 11.1 Å². The van der Waals surface area contributed by atoms with Crippen LogP contribution >= 0.6 is 11.6 Å². The van der Waals surface area contributed by atoms with E-state index in [-0.39, 0.29) is 6.10 Å². The van der Waals surface area contributed by atoms with E-state index in [2.05, 4.69) is 6.92 Å². The number of fused-ring (bicyclic) bond motifs is 1. The van der Waals surface area contributed by atoms with E-state index in [0.717, 1.165) is 34.1 Å². The first-order valence-electron chi connectivity index (χ1n) is 6.31. The van der Waals surface area contributed by atoms with Gasteiger partial charge in [0, 0.05) is 22.6 Å². The van der Waals surface area contributed by atoms with Crippen molar-refractivity contribution >= 4 is 11.6 Å². The van der Waals surface area contributed by atoms with E-state index < -0.39 is 0 Å². The highest BCUT2D eigenvalue weighted by atomic mass is 35.5. The second-order valence-corrected chi connectivity index (χ2v) is 5.21. The summed E-state index contributed by atoms with van der Waals surface area (Å²) in [5.74, 6) is 1.76. The van der Waals surface area contributed by atoms with Crippen molar-refractivity contribution < 1.29 is 9.47 Å². The molecule has 0 amide bonds. The van der Waals surface area contributed by atoms with Crippen molar-refractivity contribution in [3.8, 4) is 22.6 Å². The third kappa shape index (κ3) is 2.17. The predicted octanol–water partition coefficient (Wildman–Crippen LogP) is 4.34. The van der Waals surface area contributed by atoms with Crippen LogP contribution in [0.4, 0.5) is 0 Å². The van der Waals surface area contributed by atoms with Crippen molar-refractivity contribution in [2.75, 3.05) is 7.11 Å². The van der Waals surface area contributed by atoms with Gasteiger partial charge in [-0.05, 0) is 30.7 Å². The number of hydrogen-bond acceptors (Lipinski definition) is 2. The van der Waals surface area contributed by atoms with Gasteiger partial charge in [0.15, 0.2) is 0 Å². The number of para-hydroxylation sites is 1. The van der Waals surface area contributed by atoms with Gasteiger partial charge < -0.3 is 9.47 Å². The molecule has 0 saturated carbocycles. The lowest BCUT2D eigenvalue weighted by Gasteiger charge is -2.13. The fourth-order valence-corrected chi connectivity index (χ4v) is 2.80. The minimum atomic E-state index is 0.196. The molecule has 1 aliphatic rings. The van der Waals surface area contributed by atoms with E-state index in [0.29, 0.717) is 0 Å². The van der Waals surface area contributed by atoms with Crippen molar-refractivity contribution in [2.24, 2.45) is 0 Å². The summed E-state index contributed by atoms with van der Waals surface area (Å²) in [4.78, 5) is 0. The Hall–Kier alpha value is -1.67. The summed E-state index contributed by atoms with van der Waals surface area (Å²) in [5, 5.41) is 0.734. The van der Waals surface area contributed by atoms with E-state index in [9.17, 15) is 0 Å². The highest BCUT2D eigenvalue weighted by Gasteiger charge is 2.24. The zero-order valence-electron chi connectivity index (χ0n) is 10.9. The Morgan fingerprint density at radius 3 is 2.79 bits per heavy atom. The maximum absolute atomic E-state index is 6.23. The van der Waals surface area contributed by atoms with Crippen molar-refractivity contribution in [3.05, 3.63) is 47.0 Å². The van der Waals surface area contributed by atoms with Crippen molar-refractivity contribution in [2.45, 2.75) is 19.4 Å². The van der Waals surface area contributed by atoms with Crippen molar-refractivity contribution in [3.63, 3.8) is 0 Å². The summed E-state index contributed by atoms with van der Waals surface area (Å²) < 4.78 is 11.4. The average Bonchev–Trinajstić information content (AvgIpc) is 2.77. The zero-order chi connectivity index (χ0) is 13.4. The van der Waals surface area contributed by atoms with Gasteiger partial charge >= 0.3 is 0 Å². The molecule has 0 bridgehead atoms. The molecule has 3 rings (SSSR count). The maximum atomic E-state index is 6.23. The number of ether oxygens (including phenoxy) is 2. The van der Waals surface area contributed by atoms with Crippen LogP contribution < -0.4 is 9.47 Å². The van der Waals surface area contributed by atoms with E-state index in [1.54, 1.807) is 7.11 Å². The molecule has 2 aromatic carbocycles. The summed E-state index contributed by atoms with van der Waals surface area (Å²) >= 11 is 6.23. The standard InChI is InChI=1S/C16H15ClO2/c1-10-7-11-8-12(17)9-14(16(11)19-10)13-5-3-4-6-15(13)18-2/h3-6,8-10H,7H2,1-2H3.